The lowest BCUT2D eigenvalue weighted by Gasteiger charge is -2.20. The highest BCUT2D eigenvalue weighted by Crippen LogP contribution is 2.27. The van der Waals surface area contributed by atoms with Gasteiger partial charge in [0.1, 0.15) is 0 Å². The fourth-order valence-corrected chi connectivity index (χ4v) is 2.59. The summed E-state index contributed by atoms with van der Waals surface area (Å²) in [4.78, 5) is 15.8. The molecule has 0 bridgehead atoms. The molecule has 4 heteroatoms. The molecular formula is C17H19N3O. The minimum atomic E-state index is 0.0977. The lowest BCUT2D eigenvalue weighted by molar-refractivity contribution is -0.116. The molecule has 1 aliphatic rings. The van der Waals surface area contributed by atoms with Crippen LogP contribution in [0.4, 0.5) is 11.4 Å². The zero-order valence-corrected chi connectivity index (χ0v) is 12.3. The monoisotopic (exact) mass is 281 g/mol. The maximum atomic E-state index is 11.4. The van der Waals surface area contributed by atoms with E-state index in [-0.39, 0.29) is 11.9 Å². The van der Waals surface area contributed by atoms with Gasteiger partial charge in [0.05, 0.1) is 11.7 Å². The topological polar surface area (TPSA) is 54.0 Å². The summed E-state index contributed by atoms with van der Waals surface area (Å²) in [5.41, 5.74) is 5.41. The zero-order valence-electron chi connectivity index (χ0n) is 12.3. The van der Waals surface area contributed by atoms with E-state index in [2.05, 4.69) is 41.6 Å². The first-order valence-corrected chi connectivity index (χ1v) is 7.24. The number of carbonyl (C=O) groups is 1. The summed E-state index contributed by atoms with van der Waals surface area (Å²) in [6, 6.07) is 10.3. The van der Waals surface area contributed by atoms with E-state index >= 15 is 0 Å². The Morgan fingerprint density at radius 3 is 2.90 bits per heavy atom. The molecule has 2 aromatic rings. The van der Waals surface area contributed by atoms with Crippen molar-refractivity contribution in [1.29, 1.82) is 0 Å². The van der Waals surface area contributed by atoms with Crippen LogP contribution in [0.1, 0.15) is 36.2 Å². The molecule has 0 saturated heterocycles. The van der Waals surface area contributed by atoms with Crippen molar-refractivity contribution in [2.45, 2.75) is 32.7 Å². The van der Waals surface area contributed by atoms with E-state index in [4.69, 9.17) is 0 Å². The Hall–Kier alpha value is -2.36. The molecule has 2 N–H and O–H groups in total. The molecule has 0 fully saturated rings. The highest BCUT2D eigenvalue weighted by molar-refractivity contribution is 5.94. The highest BCUT2D eigenvalue weighted by atomic mass is 16.1. The van der Waals surface area contributed by atoms with Crippen LogP contribution in [0.2, 0.25) is 0 Å². The van der Waals surface area contributed by atoms with Crippen LogP contribution in [-0.4, -0.2) is 10.9 Å². The van der Waals surface area contributed by atoms with Crippen LogP contribution >= 0.6 is 0 Å². The van der Waals surface area contributed by atoms with Crippen molar-refractivity contribution < 1.29 is 4.79 Å². The standard InChI is InChI=1S/C17H19N3O/c1-11-7-8-18-16(9-11)12(2)19-14-4-5-15-13(10-14)3-6-17(21)20-15/h4-5,7-10,12,19H,3,6H2,1-2H3,(H,20,21). The van der Waals surface area contributed by atoms with Crippen LogP contribution in [0, 0.1) is 6.92 Å². The van der Waals surface area contributed by atoms with Crippen molar-refractivity contribution in [3.8, 4) is 0 Å². The SMILES string of the molecule is Cc1ccnc(C(C)Nc2ccc3c(c2)CCC(=O)N3)c1. The number of hydrogen-bond donors (Lipinski definition) is 2. The van der Waals surface area contributed by atoms with Crippen molar-refractivity contribution in [2.24, 2.45) is 0 Å². The van der Waals surface area contributed by atoms with Gasteiger partial charge in [-0.25, -0.2) is 0 Å². The van der Waals surface area contributed by atoms with Gasteiger partial charge in [0.15, 0.2) is 0 Å². The number of nitrogens with one attached hydrogen (secondary N) is 2. The number of aryl methyl sites for hydroxylation is 2. The molecule has 0 spiro atoms. The maximum absolute atomic E-state index is 11.4. The molecule has 1 unspecified atom stereocenters. The molecule has 0 radical (unpaired) electrons. The Labute approximate surface area is 124 Å². The summed E-state index contributed by atoms with van der Waals surface area (Å²) in [6.45, 7) is 4.17. The third-order valence-corrected chi connectivity index (χ3v) is 3.76. The molecule has 2 heterocycles. The molecular weight excluding hydrogens is 262 g/mol. The van der Waals surface area contributed by atoms with E-state index in [1.165, 1.54) is 11.1 Å². The molecule has 21 heavy (non-hydrogen) atoms. The summed E-state index contributed by atoms with van der Waals surface area (Å²) < 4.78 is 0. The first-order valence-electron chi connectivity index (χ1n) is 7.24. The van der Waals surface area contributed by atoms with Crippen molar-refractivity contribution in [3.05, 3.63) is 53.3 Å². The molecule has 0 aliphatic carbocycles. The first kappa shape index (κ1) is 13.6. The van der Waals surface area contributed by atoms with Gasteiger partial charge in [-0.1, -0.05) is 0 Å². The maximum Gasteiger partial charge on any atom is 0.224 e. The van der Waals surface area contributed by atoms with Gasteiger partial charge >= 0.3 is 0 Å². The lowest BCUT2D eigenvalue weighted by Crippen LogP contribution is -2.19. The minimum Gasteiger partial charge on any atom is -0.377 e. The van der Waals surface area contributed by atoms with Crippen LogP contribution < -0.4 is 10.6 Å². The number of rotatable bonds is 3. The van der Waals surface area contributed by atoms with Gasteiger partial charge in [-0.3, -0.25) is 9.78 Å². The summed E-state index contributed by atoms with van der Waals surface area (Å²) in [5, 5.41) is 6.37. The Kier molecular flexibility index (Phi) is 3.60. The molecule has 3 rings (SSSR count). The fraction of sp³-hybridized carbons (Fsp3) is 0.294. The number of carbonyl (C=O) groups excluding carboxylic acids is 1. The largest absolute Gasteiger partial charge is 0.377 e. The second-order valence-corrected chi connectivity index (χ2v) is 5.54. The highest BCUT2D eigenvalue weighted by Gasteiger charge is 2.15. The van der Waals surface area contributed by atoms with Crippen LogP contribution in [0.3, 0.4) is 0 Å². The van der Waals surface area contributed by atoms with Gasteiger partial charge < -0.3 is 10.6 Å². The lowest BCUT2D eigenvalue weighted by atomic mass is 10.0. The van der Waals surface area contributed by atoms with Gasteiger partial charge in [0.2, 0.25) is 5.91 Å². The molecule has 1 atom stereocenters. The molecule has 108 valence electrons. The summed E-state index contributed by atoms with van der Waals surface area (Å²) >= 11 is 0. The molecule has 0 saturated carbocycles. The van der Waals surface area contributed by atoms with Gasteiger partial charge in [-0.15, -0.1) is 0 Å². The van der Waals surface area contributed by atoms with Crippen LogP contribution in [0.25, 0.3) is 0 Å². The van der Waals surface area contributed by atoms with E-state index < -0.39 is 0 Å². The predicted octanol–water partition coefficient (Wildman–Crippen LogP) is 3.45. The number of pyridine rings is 1. The molecule has 1 aromatic heterocycles. The van der Waals surface area contributed by atoms with E-state index in [0.29, 0.717) is 6.42 Å². The van der Waals surface area contributed by atoms with Crippen molar-refractivity contribution in [2.75, 3.05) is 10.6 Å². The molecule has 4 nitrogen and oxygen atoms in total. The summed E-state index contributed by atoms with van der Waals surface area (Å²) in [6.07, 6.45) is 3.20. The van der Waals surface area contributed by atoms with Crippen molar-refractivity contribution >= 4 is 17.3 Å². The normalized spacial score (nSPS) is 15.0. The van der Waals surface area contributed by atoms with Gasteiger partial charge in [-0.05, 0) is 61.7 Å². The number of aromatic nitrogens is 1. The van der Waals surface area contributed by atoms with Gasteiger partial charge in [-0.2, -0.15) is 0 Å². The second kappa shape index (κ2) is 5.56. The Morgan fingerprint density at radius 2 is 2.10 bits per heavy atom. The van der Waals surface area contributed by atoms with Crippen molar-refractivity contribution in [3.63, 3.8) is 0 Å². The Bertz CT molecular complexity index is 681. The first-order chi connectivity index (χ1) is 10.1. The number of anilines is 2. The van der Waals surface area contributed by atoms with E-state index in [1.54, 1.807) is 0 Å². The number of amides is 1. The van der Waals surface area contributed by atoms with Crippen LogP contribution in [0.5, 0.6) is 0 Å². The average molecular weight is 281 g/mol. The van der Waals surface area contributed by atoms with E-state index in [1.807, 2.05) is 24.4 Å². The quantitative estimate of drug-likeness (QED) is 0.906. The Morgan fingerprint density at radius 1 is 1.24 bits per heavy atom. The smallest absolute Gasteiger partial charge is 0.224 e. The predicted molar refractivity (Wildman–Crippen MR) is 84.4 cm³/mol. The number of benzene rings is 1. The minimum absolute atomic E-state index is 0.0977. The average Bonchev–Trinajstić information content (AvgIpc) is 2.47. The fourth-order valence-electron chi connectivity index (χ4n) is 2.59. The van der Waals surface area contributed by atoms with E-state index in [9.17, 15) is 4.79 Å². The van der Waals surface area contributed by atoms with Gasteiger partial charge in [0.25, 0.3) is 0 Å². The molecule has 1 amide bonds. The van der Waals surface area contributed by atoms with E-state index in [0.717, 1.165) is 23.5 Å². The number of nitrogens with zero attached hydrogens (tertiary/aromatic N) is 1. The molecule has 1 aromatic carbocycles. The zero-order chi connectivity index (χ0) is 14.8. The third kappa shape index (κ3) is 3.05. The summed E-state index contributed by atoms with van der Waals surface area (Å²) in [5.74, 6) is 0.0977. The number of fused-ring (bicyclic) bond motifs is 1. The molecule has 1 aliphatic heterocycles. The van der Waals surface area contributed by atoms with Crippen molar-refractivity contribution in [1.82, 2.24) is 4.98 Å². The Balaban J connectivity index is 1.77. The van der Waals surface area contributed by atoms with Gasteiger partial charge in [0, 0.05) is 24.0 Å². The third-order valence-electron chi connectivity index (χ3n) is 3.76. The summed E-state index contributed by atoms with van der Waals surface area (Å²) in [7, 11) is 0. The van der Waals surface area contributed by atoms with Crippen LogP contribution in [0.15, 0.2) is 36.5 Å². The van der Waals surface area contributed by atoms with Crippen LogP contribution in [-0.2, 0) is 11.2 Å². The second-order valence-electron chi connectivity index (χ2n) is 5.54. The number of hydrogen-bond acceptors (Lipinski definition) is 3.